The molecule has 2 unspecified atom stereocenters. The normalized spacial score (nSPS) is 21.4. The highest BCUT2D eigenvalue weighted by molar-refractivity contribution is 6.33. The van der Waals surface area contributed by atoms with E-state index in [9.17, 15) is 0 Å². The van der Waals surface area contributed by atoms with Gasteiger partial charge < -0.3 is 4.90 Å². The molecular weight excluding hydrogens is 604 g/mol. The molecule has 0 fully saturated rings. The van der Waals surface area contributed by atoms with Crippen LogP contribution in [-0.4, -0.2) is 24.4 Å². The van der Waals surface area contributed by atoms with Gasteiger partial charge in [-0.3, -0.25) is 0 Å². The number of nitrogens with zero attached hydrogens (tertiary/aromatic N) is 2. The van der Waals surface area contributed by atoms with Gasteiger partial charge in [0.2, 0.25) is 5.69 Å². The Morgan fingerprint density at radius 3 is 1.79 bits per heavy atom. The number of benzene rings is 6. The highest BCUT2D eigenvalue weighted by atomic mass is 35.5. The predicted octanol–water partition coefficient (Wildman–Crippen LogP) is 10.9. The molecule has 2 heterocycles. The second-order valence-electron chi connectivity index (χ2n) is 13.9. The van der Waals surface area contributed by atoms with Crippen molar-refractivity contribution in [3.8, 4) is 0 Å². The first-order valence-electron chi connectivity index (χ1n) is 16.8. The van der Waals surface area contributed by atoms with E-state index in [0.29, 0.717) is 0 Å². The summed E-state index contributed by atoms with van der Waals surface area (Å²) in [4.78, 5) is 2.36. The molecule has 0 aliphatic carbocycles. The number of allylic oxidation sites excluding steroid dienone is 4. The van der Waals surface area contributed by atoms with Gasteiger partial charge >= 0.3 is 0 Å². The van der Waals surface area contributed by atoms with Gasteiger partial charge in [0.1, 0.15) is 7.05 Å². The number of rotatable bonds is 6. The van der Waals surface area contributed by atoms with Crippen LogP contribution in [0.4, 0.5) is 11.4 Å². The fraction of sp³-hybridized carbons (Fsp3) is 0.178. The molecule has 0 saturated carbocycles. The van der Waals surface area contributed by atoms with Crippen LogP contribution in [0.15, 0.2) is 156 Å². The fourth-order valence-corrected chi connectivity index (χ4v) is 8.88. The lowest BCUT2D eigenvalue weighted by atomic mass is 9.72. The lowest BCUT2D eigenvalue weighted by Gasteiger charge is -2.30. The van der Waals surface area contributed by atoms with Gasteiger partial charge in [-0.25, -0.2) is 0 Å². The van der Waals surface area contributed by atoms with E-state index in [2.05, 4.69) is 183 Å². The van der Waals surface area contributed by atoms with Crippen molar-refractivity contribution in [1.82, 2.24) is 0 Å². The Hall–Kier alpha value is -4.92. The first-order chi connectivity index (χ1) is 23.3. The lowest BCUT2D eigenvalue weighted by Crippen LogP contribution is -2.33. The van der Waals surface area contributed by atoms with Crippen molar-refractivity contribution in [3.63, 3.8) is 0 Å². The summed E-state index contributed by atoms with van der Waals surface area (Å²) in [5.41, 5.74) is 9.63. The zero-order valence-electron chi connectivity index (χ0n) is 28.0. The molecule has 0 aromatic heterocycles. The van der Waals surface area contributed by atoms with E-state index in [1.807, 2.05) is 0 Å². The van der Waals surface area contributed by atoms with E-state index in [1.165, 1.54) is 66.6 Å². The Bertz CT molecular complexity index is 2300. The Balaban J connectivity index is 1.29. The molecule has 3 heteroatoms. The van der Waals surface area contributed by atoms with Crippen molar-refractivity contribution in [3.05, 3.63) is 179 Å². The van der Waals surface area contributed by atoms with Crippen LogP contribution in [-0.2, 0) is 23.7 Å². The van der Waals surface area contributed by atoms with Crippen LogP contribution in [0, 0.1) is 0 Å². The molecule has 0 amide bonds. The van der Waals surface area contributed by atoms with Gasteiger partial charge in [-0.1, -0.05) is 127 Å². The standard InChI is InChI=1S/C45H40ClN2/c1-44(29-31-15-7-5-8-16-31)40(47(3)38-25-23-33-19-11-13-21-36(33)42(38)44)27-35(46)28-41-45(2,30-32-17-9-6-10-18-32)43-37-22-14-12-20-34(37)24-26-39(43)48(41)4/h5-28H,29-30H2,1-4H3/q+1. The Labute approximate surface area is 288 Å². The van der Waals surface area contributed by atoms with E-state index < -0.39 is 0 Å². The smallest absolute Gasteiger partial charge is 0.210 e. The van der Waals surface area contributed by atoms with E-state index in [1.54, 1.807) is 0 Å². The maximum absolute atomic E-state index is 7.46. The Kier molecular flexibility index (Phi) is 7.38. The van der Waals surface area contributed by atoms with Gasteiger partial charge in [0.15, 0.2) is 5.71 Å². The fourth-order valence-electron chi connectivity index (χ4n) is 8.68. The quantitative estimate of drug-likeness (QED) is 0.164. The molecular formula is C45H40ClN2+. The van der Waals surface area contributed by atoms with Crippen LogP contribution >= 0.6 is 11.6 Å². The van der Waals surface area contributed by atoms with Crippen molar-refractivity contribution in [1.29, 1.82) is 0 Å². The minimum atomic E-state index is -0.293. The molecule has 2 aliphatic heterocycles. The average Bonchev–Trinajstić information content (AvgIpc) is 3.44. The third-order valence-electron chi connectivity index (χ3n) is 10.8. The van der Waals surface area contributed by atoms with Crippen LogP contribution in [0.3, 0.4) is 0 Å². The van der Waals surface area contributed by atoms with E-state index in [0.717, 1.165) is 17.9 Å². The van der Waals surface area contributed by atoms with Gasteiger partial charge in [0.05, 0.1) is 5.41 Å². The summed E-state index contributed by atoms with van der Waals surface area (Å²) in [7, 11) is 4.38. The number of anilines is 1. The third-order valence-corrected chi connectivity index (χ3v) is 11.1. The molecule has 2 atom stereocenters. The summed E-state index contributed by atoms with van der Waals surface area (Å²) in [5, 5.41) is 5.85. The first-order valence-corrected chi connectivity index (χ1v) is 17.2. The molecule has 2 aliphatic rings. The van der Waals surface area contributed by atoms with Crippen molar-refractivity contribution in [2.45, 2.75) is 37.5 Å². The van der Waals surface area contributed by atoms with Gasteiger partial charge in [0, 0.05) is 46.6 Å². The van der Waals surface area contributed by atoms with Crippen molar-refractivity contribution in [2.24, 2.45) is 0 Å². The predicted molar refractivity (Wildman–Crippen MR) is 204 cm³/mol. The maximum atomic E-state index is 7.46. The minimum Gasteiger partial charge on any atom is -0.347 e. The molecule has 0 N–H and O–H groups in total. The first kappa shape index (κ1) is 30.4. The molecule has 236 valence electrons. The maximum Gasteiger partial charge on any atom is 0.210 e. The number of hydrogen-bond donors (Lipinski definition) is 0. The molecule has 48 heavy (non-hydrogen) atoms. The van der Waals surface area contributed by atoms with Gasteiger partial charge in [0.25, 0.3) is 0 Å². The van der Waals surface area contributed by atoms with Crippen LogP contribution in [0.5, 0.6) is 0 Å². The Morgan fingerprint density at radius 1 is 0.646 bits per heavy atom. The molecule has 0 saturated heterocycles. The molecule has 2 nitrogen and oxygen atoms in total. The zero-order valence-corrected chi connectivity index (χ0v) is 28.8. The number of fused-ring (bicyclic) bond motifs is 6. The SMILES string of the molecule is CN1/C(=C/C(Cl)=C/C2=[N+](C)c3ccc4ccccc4c3C2(C)Cc2ccccc2)C(C)(Cc2ccccc2)c2c1ccc1ccccc21. The summed E-state index contributed by atoms with van der Waals surface area (Å²) >= 11 is 7.46. The van der Waals surface area contributed by atoms with Crippen LogP contribution in [0.2, 0.25) is 0 Å². The number of hydrogen-bond acceptors (Lipinski definition) is 1. The number of halogens is 1. The molecule has 8 rings (SSSR count). The third kappa shape index (κ3) is 4.81. The van der Waals surface area contributed by atoms with Crippen LogP contribution < -0.4 is 4.90 Å². The second-order valence-corrected chi connectivity index (χ2v) is 14.3. The summed E-state index contributed by atoms with van der Waals surface area (Å²) in [5.74, 6) is 0. The monoisotopic (exact) mass is 643 g/mol. The van der Waals surface area contributed by atoms with E-state index >= 15 is 0 Å². The van der Waals surface area contributed by atoms with E-state index in [4.69, 9.17) is 11.6 Å². The molecule has 0 radical (unpaired) electrons. The summed E-state index contributed by atoms with van der Waals surface area (Å²) in [6, 6.07) is 48.3. The van der Waals surface area contributed by atoms with Gasteiger partial charge in [-0.15, -0.1) is 0 Å². The topological polar surface area (TPSA) is 6.25 Å². The van der Waals surface area contributed by atoms with Crippen molar-refractivity contribution in [2.75, 3.05) is 19.0 Å². The largest absolute Gasteiger partial charge is 0.347 e. The highest BCUT2D eigenvalue weighted by Crippen LogP contribution is 2.52. The molecule has 6 aromatic carbocycles. The van der Waals surface area contributed by atoms with Crippen molar-refractivity contribution < 1.29 is 4.58 Å². The van der Waals surface area contributed by atoms with Gasteiger partial charge in [-0.2, -0.15) is 4.58 Å². The lowest BCUT2D eigenvalue weighted by molar-refractivity contribution is -0.401. The van der Waals surface area contributed by atoms with Gasteiger partial charge in [-0.05, 0) is 83.1 Å². The number of likely N-dealkylation sites (N-methyl/N-ethyl adjacent to an activating group) is 1. The van der Waals surface area contributed by atoms with Crippen LogP contribution in [0.1, 0.15) is 36.1 Å². The summed E-state index contributed by atoms with van der Waals surface area (Å²) in [6.07, 6.45) is 6.19. The Morgan fingerprint density at radius 2 is 1.17 bits per heavy atom. The van der Waals surface area contributed by atoms with Crippen molar-refractivity contribution >= 4 is 50.2 Å². The molecule has 0 spiro atoms. The van der Waals surface area contributed by atoms with Crippen LogP contribution in [0.25, 0.3) is 21.5 Å². The molecule has 6 aromatic rings. The summed E-state index contributed by atoms with van der Waals surface area (Å²) in [6.45, 7) is 4.78. The average molecular weight is 644 g/mol. The second kappa shape index (κ2) is 11.6. The molecule has 0 bridgehead atoms. The summed E-state index contributed by atoms with van der Waals surface area (Å²) < 4.78 is 2.36. The highest BCUT2D eigenvalue weighted by Gasteiger charge is 2.48. The minimum absolute atomic E-state index is 0.293. The van der Waals surface area contributed by atoms with E-state index in [-0.39, 0.29) is 10.8 Å². The zero-order chi connectivity index (χ0) is 33.0.